The van der Waals surface area contributed by atoms with E-state index in [0.717, 1.165) is 10.0 Å². The van der Waals surface area contributed by atoms with E-state index in [1.165, 1.54) is 0 Å². The van der Waals surface area contributed by atoms with Gasteiger partial charge in [0.25, 0.3) is 0 Å². The van der Waals surface area contributed by atoms with Crippen molar-refractivity contribution in [3.63, 3.8) is 0 Å². The van der Waals surface area contributed by atoms with Gasteiger partial charge in [-0.1, -0.05) is 15.9 Å². The van der Waals surface area contributed by atoms with Gasteiger partial charge in [0.1, 0.15) is 5.75 Å². The third kappa shape index (κ3) is 2.20. The standard InChI is InChI=1S/C8H9BrO2/c9-8-2-1-7(11)5-6(8)3-4-10/h1-2,5,10-11H,3-4H2. The number of halogens is 1. The van der Waals surface area contributed by atoms with Crippen LogP contribution >= 0.6 is 15.9 Å². The number of aromatic hydroxyl groups is 1. The highest BCUT2D eigenvalue weighted by Gasteiger charge is 1.99. The van der Waals surface area contributed by atoms with Crippen molar-refractivity contribution in [2.24, 2.45) is 0 Å². The summed E-state index contributed by atoms with van der Waals surface area (Å²) in [7, 11) is 0. The molecular formula is C8H9BrO2. The summed E-state index contributed by atoms with van der Waals surface area (Å²) in [5.74, 6) is 0.233. The predicted octanol–water partition coefficient (Wildman–Crippen LogP) is 1.69. The Hall–Kier alpha value is -0.540. The minimum Gasteiger partial charge on any atom is -0.508 e. The first-order chi connectivity index (χ1) is 5.24. The number of rotatable bonds is 2. The highest BCUT2D eigenvalue weighted by molar-refractivity contribution is 9.10. The fraction of sp³-hybridized carbons (Fsp3) is 0.250. The van der Waals surface area contributed by atoms with Gasteiger partial charge in [0.15, 0.2) is 0 Å². The molecule has 60 valence electrons. The van der Waals surface area contributed by atoms with E-state index in [1.54, 1.807) is 18.2 Å². The van der Waals surface area contributed by atoms with Crippen LogP contribution < -0.4 is 0 Å². The van der Waals surface area contributed by atoms with Gasteiger partial charge >= 0.3 is 0 Å². The zero-order chi connectivity index (χ0) is 8.27. The first kappa shape index (κ1) is 8.56. The molecule has 0 radical (unpaired) electrons. The number of benzene rings is 1. The summed E-state index contributed by atoms with van der Waals surface area (Å²) in [6.07, 6.45) is 0.564. The molecule has 0 aliphatic carbocycles. The number of hydrogen-bond donors (Lipinski definition) is 2. The zero-order valence-corrected chi connectivity index (χ0v) is 7.50. The topological polar surface area (TPSA) is 40.5 Å². The average Bonchev–Trinajstić information content (AvgIpc) is 1.98. The molecule has 0 aliphatic heterocycles. The second-order valence-electron chi connectivity index (χ2n) is 2.25. The number of hydrogen-bond acceptors (Lipinski definition) is 2. The fourth-order valence-electron chi connectivity index (χ4n) is 0.873. The van der Waals surface area contributed by atoms with Crippen molar-refractivity contribution in [1.82, 2.24) is 0 Å². The van der Waals surface area contributed by atoms with Crippen LogP contribution in [0.2, 0.25) is 0 Å². The van der Waals surface area contributed by atoms with Crippen LogP contribution in [0.5, 0.6) is 5.75 Å². The van der Waals surface area contributed by atoms with Crippen molar-refractivity contribution in [1.29, 1.82) is 0 Å². The molecule has 0 bridgehead atoms. The summed E-state index contributed by atoms with van der Waals surface area (Å²) in [5.41, 5.74) is 0.924. The van der Waals surface area contributed by atoms with Crippen molar-refractivity contribution in [2.75, 3.05) is 6.61 Å². The Morgan fingerprint density at radius 1 is 1.36 bits per heavy atom. The highest BCUT2D eigenvalue weighted by Crippen LogP contribution is 2.21. The lowest BCUT2D eigenvalue weighted by molar-refractivity contribution is 0.299. The monoisotopic (exact) mass is 216 g/mol. The maximum atomic E-state index is 9.06. The van der Waals surface area contributed by atoms with Crippen LogP contribution in [0.4, 0.5) is 0 Å². The molecule has 0 saturated heterocycles. The van der Waals surface area contributed by atoms with Gasteiger partial charge < -0.3 is 10.2 Å². The van der Waals surface area contributed by atoms with E-state index in [-0.39, 0.29) is 12.4 Å². The Morgan fingerprint density at radius 3 is 2.73 bits per heavy atom. The molecule has 0 saturated carbocycles. The van der Waals surface area contributed by atoms with Gasteiger partial charge in [0.2, 0.25) is 0 Å². The Labute approximate surface area is 73.6 Å². The molecule has 0 atom stereocenters. The molecule has 0 fully saturated rings. The number of aliphatic hydroxyl groups excluding tert-OH is 1. The van der Waals surface area contributed by atoms with E-state index in [0.29, 0.717) is 6.42 Å². The Bertz CT molecular complexity index is 248. The van der Waals surface area contributed by atoms with E-state index in [9.17, 15) is 0 Å². The Balaban J connectivity index is 2.93. The third-order valence-electron chi connectivity index (χ3n) is 1.41. The largest absolute Gasteiger partial charge is 0.508 e. The zero-order valence-electron chi connectivity index (χ0n) is 5.92. The lowest BCUT2D eigenvalue weighted by Gasteiger charge is -2.01. The third-order valence-corrected chi connectivity index (χ3v) is 2.18. The molecule has 0 spiro atoms. The van der Waals surface area contributed by atoms with Crippen LogP contribution in [0.25, 0.3) is 0 Å². The van der Waals surface area contributed by atoms with Crippen LogP contribution in [-0.2, 0) is 6.42 Å². The maximum Gasteiger partial charge on any atom is 0.115 e. The molecule has 1 aromatic carbocycles. The summed E-state index contributed by atoms with van der Waals surface area (Å²) in [6.45, 7) is 0.0993. The van der Waals surface area contributed by atoms with Gasteiger partial charge in [0, 0.05) is 11.1 Å². The maximum absolute atomic E-state index is 9.06. The summed E-state index contributed by atoms with van der Waals surface area (Å²) in [6, 6.07) is 5.01. The Kier molecular flexibility index (Phi) is 2.91. The van der Waals surface area contributed by atoms with Crippen molar-refractivity contribution < 1.29 is 10.2 Å². The van der Waals surface area contributed by atoms with E-state index in [1.807, 2.05) is 0 Å². The highest BCUT2D eigenvalue weighted by atomic mass is 79.9. The molecule has 2 nitrogen and oxygen atoms in total. The molecule has 0 aliphatic rings. The minimum absolute atomic E-state index is 0.0993. The van der Waals surface area contributed by atoms with Gasteiger partial charge in [0.05, 0.1) is 0 Å². The lowest BCUT2D eigenvalue weighted by Crippen LogP contribution is -1.90. The molecule has 1 aromatic rings. The van der Waals surface area contributed by atoms with Crippen molar-refractivity contribution in [3.8, 4) is 5.75 Å². The Morgan fingerprint density at radius 2 is 2.09 bits per heavy atom. The quantitative estimate of drug-likeness (QED) is 0.791. The van der Waals surface area contributed by atoms with Crippen LogP contribution in [-0.4, -0.2) is 16.8 Å². The fourth-order valence-corrected chi connectivity index (χ4v) is 1.32. The SMILES string of the molecule is OCCc1cc(O)ccc1Br. The molecule has 1 rings (SSSR count). The van der Waals surface area contributed by atoms with E-state index in [2.05, 4.69) is 15.9 Å². The van der Waals surface area contributed by atoms with E-state index < -0.39 is 0 Å². The summed E-state index contributed by atoms with van der Waals surface area (Å²) in [4.78, 5) is 0. The van der Waals surface area contributed by atoms with Gasteiger partial charge in [-0.25, -0.2) is 0 Å². The van der Waals surface area contributed by atoms with Crippen molar-refractivity contribution >= 4 is 15.9 Å². The lowest BCUT2D eigenvalue weighted by atomic mass is 10.1. The summed E-state index contributed by atoms with van der Waals surface area (Å²) < 4.78 is 0.921. The van der Waals surface area contributed by atoms with Crippen LogP contribution in [0.15, 0.2) is 22.7 Å². The van der Waals surface area contributed by atoms with Crippen LogP contribution in [0.1, 0.15) is 5.56 Å². The molecule has 11 heavy (non-hydrogen) atoms. The predicted molar refractivity (Wildman–Crippen MR) is 46.6 cm³/mol. The number of phenolic OH excluding ortho intramolecular Hbond substituents is 1. The van der Waals surface area contributed by atoms with Gasteiger partial charge in [-0.3, -0.25) is 0 Å². The van der Waals surface area contributed by atoms with Crippen LogP contribution in [0, 0.1) is 0 Å². The molecular weight excluding hydrogens is 208 g/mol. The normalized spacial score (nSPS) is 10.0. The number of aliphatic hydroxyl groups is 1. The summed E-state index contributed by atoms with van der Waals surface area (Å²) >= 11 is 3.31. The first-order valence-electron chi connectivity index (χ1n) is 3.32. The molecule has 0 aromatic heterocycles. The van der Waals surface area contributed by atoms with Crippen molar-refractivity contribution in [2.45, 2.75) is 6.42 Å². The molecule has 0 unspecified atom stereocenters. The molecule has 0 amide bonds. The second-order valence-corrected chi connectivity index (χ2v) is 3.10. The molecule has 2 N–H and O–H groups in total. The van der Waals surface area contributed by atoms with Gasteiger partial charge in [-0.05, 0) is 30.2 Å². The van der Waals surface area contributed by atoms with Gasteiger partial charge in [-0.15, -0.1) is 0 Å². The second kappa shape index (κ2) is 3.74. The van der Waals surface area contributed by atoms with Crippen molar-refractivity contribution in [3.05, 3.63) is 28.2 Å². The van der Waals surface area contributed by atoms with E-state index in [4.69, 9.17) is 10.2 Å². The van der Waals surface area contributed by atoms with E-state index >= 15 is 0 Å². The van der Waals surface area contributed by atoms with Gasteiger partial charge in [-0.2, -0.15) is 0 Å². The van der Waals surface area contributed by atoms with Crippen LogP contribution in [0.3, 0.4) is 0 Å². The number of phenols is 1. The first-order valence-corrected chi connectivity index (χ1v) is 4.11. The smallest absolute Gasteiger partial charge is 0.115 e. The summed E-state index contributed by atoms with van der Waals surface area (Å²) in [5, 5.41) is 17.7. The average molecular weight is 217 g/mol. The minimum atomic E-state index is 0.0993. The molecule has 0 heterocycles. The molecule has 3 heteroatoms.